The van der Waals surface area contributed by atoms with Gasteiger partial charge >= 0.3 is 0 Å². The smallest absolute Gasteiger partial charge is 0.150 e. The molecule has 0 fully saturated rings. The second-order valence-electron chi connectivity index (χ2n) is 5.54. The van der Waals surface area contributed by atoms with Crippen molar-refractivity contribution in [3.05, 3.63) is 53.1 Å². The van der Waals surface area contributed by atoms with Gasteiger partial charge in [0.15, 0.2) is 0 Å². The Kier molecular flexibility index (Phi) is 6.21. The Labute approximate surface area is 142 Å². The molecule has 0 atom stereocenters. The van der Waals surface area contributed by atoms with Crippen LogP contribution in [-0.2, 0) is 13.1 Å². The maximum absolute atomic E-state index is 10.9. The van der Waals surface area contributed by atoms with Gasteiger partial charge in [0.25, 0.3) is 0 Å². The molecule has 0 N–H and O–H groups in total. The number of rotatable bonds is 8. The fourth-order valence-electron chi connectivity index (χ4n) is 2.59. The average Bonchev–Trinajstić information content (AvgIpc) is 2.62. The van der Waals surface area contributed by atoms with E-state index in [2.05, 4.69) is 4.90 Å². The molecule has 0 heterocycles. The van der Waals surface area contributed by atoms with E-state index in [0.29, 0.717) is 24.4 Å². The van der Waals surface area contributed by atoms with Crippen LogP contribution in [0.15, 0.2) is 36.4 Å². The first-order valence-electron chi connectivity index (χ1n) is 7.62. The van der Waals surface area contributed by atoms with E-state index in [9.17, 15) is 4.79 Å². The van der Waals surface area contributed by atoms with Gasteiger partial charge in [-0.2, -0.15) is 0 Å². The molecule has 0 spiro atoms. The van der Waals surface area contributed by atoms with Gasteiger partial charge in [-0.3, -0.25) is 9.69 Å². The quantitative estimate of drug-likeness (QED) is 0.696. The van der Waals surface area contributed by atoms with Gasteiger partial charge in [-0.25, -0.2) is 0 Å². The van der Waals surface area contributed by atoms with E-state index in [-0.39, 0.29) is 0 Å². The summed E-state index contributed by atoms with van der Waals surface area (Å²) in [6, 6.07) is 11.3. The highest BCUT2D eigenvalue weighted by Crippen LogP contribution is 2.27. The van der Waals surface area contributed by atoms with Crippen molar-refractivity contribution in [3.63, 3.8) is 0 Å². The van der Waals surface area contributed by atoms with Gasteiger partial charge in [-0.15, -0.1) is 0 Å². The molecule has 0 saturated carbocycles. The third-order valence-corrected chi connectivity index (χ3v) is 3.82. The standard InChI is InChI=1S/C19H23NO4/c1-20(11-15-6-5-14(13-21)9-18(15)23-3)12-16-7-8-17(22-2)10-19(16)24-4/h5-10,13H,11-12H2,1-4H3. The Hall–Kier alpha value is -2.53. The molecule has 0 saturated heterocycles. The molecule has 0 amide bonds. The fraction of sp³-hybridized carbons (Fsp3) is 0.316. The first-order valence-corrected chi connectivity index (χ1v) is 7.62. The van der Waals surface area contributed by atoms with Gasteiger partial charge < -0.3 is 14.2 Å². The molecule has 2 rings (SSSR count). The van der Waals surface area contributed by atoms with E-state index < -0.39 is 0 Å². The van der Waals surface area contributed by atoms with Gasteiger partial charge in [0.05, 0.1) is 21.3 Å². The van der Waals surface area contributed by atoms with Crippen molar-refractivity contribution in [1.29, 1.82) is 0 Å². The lowest BCUT2D eigenvalue weighted by Gasteiger charge is -2.20. The number of hydrogen-bond donors (Lipinski definition) is 0. The molecule has 2 aromatic carbocycles. The summed E-state index contributed by atoms with van der Waals surface area (Å²) in [5.74, 6) is 2.28. The summed E-state index contributed by atoms with van der Waals surface area (Å²) < 4.78 is 16.1. The monoisotopic (exact) mass is 329 g/mol. The van der Waals surface area contributed by atoms with Crippen molar-refractivity contribution < 1.29 is 19.0 Å². The van der Waals surface area contributed by atoms with Crippen molar-refractivity contribution in [3.8, 4) is 17.2 Å². The van der Waals surface area contributed by atoms with Crippen LogP contribution in [0.5, 0.6) is 17.2 Å². The minimum absolute atomic E-state index is 0.607. The molecule has 0 bridgehead atoms. The Morgan fingerprint density at radius 2 is 1.46 bits per heavy atom. The topological polar surface area (TPSA) is 48.0 Å². The van der Waals surface area contributed by atoms with Gasteiger partial charge in [0, 0.05) is 35.8 Å². The largest absolute Gasteiger partial charge is 0.497 e. The molecule has 5 nitrogen and oxygen atoms in total. The Bertz CT molecular complexity index is 700. The molecule has 2 aromatic rings. The lowest BCUT2D eigenvalue weighted by Crippen LogP contribution is -2.18. The van der Waals surface area contributed by atoms with Crippen molar-refractivity contribution in [2.75, 3.05) is 28.4 Å². The predicted molar refractivity (Wildman–Crippen MR) is 93.1 cm³/mol. The number of aldehydes is 1. The summed E-state index contributed by atoms with van der Waals surface area (Å²) in [7, 11) is 6.92. The number of ether oxygens (including phenoxy) is 3. The lowest BCUT2D eigenvalue weighted by atomic mass is 10.1. The van der Waals surface area contributed by atoms with E-state index in [4.69, 9.17) is 14.2 Å². The maximum atomic E-state index is 10.9. The van der Waals surface area contributed by atoms with Crippen LogP contribution < -0.4 is 14.2 Å². The second-order valence-corrected chi connectivity index (χ2v) is 5.54. The highest BCUT2D eigenvalue weighted by molar-refractivity contribution is 5.75. The first kappa shape index (κ1) is 17.8. The number of carbonyl (C=O) groups excluding carboxylic acids is 1. The fourth-order valence-corrected chi connectivity index (χ4v) is 2.59. The summed E-state index contributed by atoms with van der Waals surface area (Å²) in [5.41, 5.74) is 2.71. The van der Waals surface area contributed by atoms with E-state index in [0.717, 1.165) is 28.9 Å². The van der Waals surface area contributed by atoms with Crippen molar-refractivity contribution in [1.82, 2.24) is 4.90 Å². The highest BCUT2D eigenvalue weighted by atomic mass is 16.5. The predicted octanol–water partition coefficient (Wildman–Crippen LogP) is 3.16. The molecule has 0 aliphatic carbocycles. The van der Waals surface area contributed by atoms with Crippen molar-refractivity contribution in [2.45, 2.75) is 13.1 Å². The molecule has 0 aliphatic heterocycles. The van der Waals surface area contributed by atoms with Crippen LogP contribution >= 0.6 is 0 Å². The zero-order valence-corrected chi connectivity index (χ0v) is 14.5. The molecule has 128 valence electrons. The third kappa shape index (κ3) is 4.26. The van der Waals surface area contributed by atoms with Gasteiger partial charge in [-0.05, 0) is 19.2 Å². The van der Waals surface area contributed by atoms with Crippen LogP contribution in [0.1, 0.15) is 21.5 Å². The lowest BCUT2D eigenvalue weighted by molar-refractivity contribution is 0.112. The molecule has 0 aliphatic rings. The third-order valence-electron chi connectivity index (χ3n) is 3.82. The van der Waals surface area contributed by atoms with Gasteiger partial charge in [-0.1, -0.05) is 18.2 Å². The zero-order valence-electron chi connectivity index (χ0n) is 14.5. The SMILES string of the molecule is COc1ccc(CN(C)Cc2ccc(C=O)cc2OC)c(OC)c1. The second kappa shape index (κ2) is 8.36. The number of carbonyl (C=O) groups is 1. The van der Waals surface area contributed by atoms with E-state index in [1.807, 2.05) is 31.3 Å². The van der Waals surface area contributed by atoms with Crippen LogP contribution in [-0.4, -0.2) is 39.6 Å². The molecule has 5 heteroatoms. The van der Waals surface area contributed by atoms with E-state index >= 15 is 0 Å². The summed E-state index contributed by atoms with van der Waals surface area (Å²) >= 11 is 0. The maximum Gasteiger partial charge on any atom is 0.150 e. The normalized spacial score (nSPS) is 10.5. The molecular formula is C19H23NO4. The average molecular weight is 329 g/mol. The van der Waals surface area contributed by atoms with E-state index in [1.165, 1.54) is 0 Å². The van der Waals surface area contributed by atoms with Gasteiger partial charge in [0.2, 0.25) is 0 Å². The number of benzene rings is 2. The summed E-state index contributed by atoms with van der Waals surface area (Å²) in [5, 5.41) is 0. The highest BCUT2D eigenvalue weighted by Gasteiger charge is 2.11. The summed E-state index contributed by atoms with van der Waals surface area (Å²) in [6.07, 6.45) is 0.818. The molecule has 0 unspecified atom stereocenters. The summed E-state index contributed by atoms with van der Waals surface area (Å²) in [6.45, 7) is 1.41. The van der Waals surface area contributed by atoms with Crippen LogP contribution in [0.2, 0.25) is 0 Å². The van der Waals surface area contributed by atoms with Crippen LogP contribution in [0.3, 0.4) is 0 Å². The van der Waals surface area contributed by atoms with E-state index in [1.54, 1.807) is 33.5 Å². The van der Waals surface area contributed by atoms with Crippen LogP contribution in [0.4, 0.5) is 0 Å². The number of methoxy groups -OCH3 is 3. The minimum Gasteiger partial charge on any atom is -0.497 e. The molecule has 0 radical (unpaired) electrons. The summed E-state index contributed by atoms with van der Waals surface area (Å²) in [4.78, 5) is 13.0. The molecular weight excluding hydrogens is 306 g/mol. The zero-order chi connectivity index (χ0) is 17.5. The van der Waals surface area contributed by atoms with Crippen LogP contribution in [0.25, 0.3) is 0 Å². The van der Waals surface area contributed by atoms with Crippen molar-refractivity contribution >= 4 is 6.29 Å². The minimum atomic E-state index is 0.607. The Morgan fingerprint density at radius 1 is 0.875 bits per heavy atom. The van der Waals surface area contributed by atoms with Gasteiger partial charge in [0.1, 0.15) is 23.5 Å². The molecule has 0 aromatic heterocycles. The Morgan fingerprint density at radius 3 is 2.00 bits per heavy atom. The van der Waals surface area contributed by atoms with Crippen molar-refractivity contribution in [2.24, 2.45) is 0 Å². The number of nitrogens with zero attached hydrogens (tertiary/aromatic N) is 1. The van der Waals surface area contributed by atoms with Crippen LogP contribution in [0, 0.1) is 0 Å². The molecule has 24 heavy (non-hydrogen) atoms. The first-order chi connectivity index (χ1) is 11.6. The Balaban J connectivity index is 2.13. The number of hydrogen-bond acceptors (Lipinski definition) is 5.